The van der Waals surface area contributed by atoms with E-state index in [0.29, 0.717) is 42.0 Å². The maximum absolute atomic E-state index is 13.8. The average Bonchev–Trinajstić information content (AvgIpc) is 2.79. The Labute approximate surface area is 186 Å². The third-order valence-corrected chi connectivity index (χ3v) is 5.85. The maximum atomic E-state index is 13.8. The summed E-state index contributed by atoms with van der Waals surface area (Å²) in [5.41, 5.74) is 3.94. The third-order valence-electron chi connectivity index (χ3n) is 5.30. The maximum Gasteiger partial charge on any atom is 0.261 e. The topological polar surface area (TPSA) is 64.6 Å². The molecule has 0 saturated carbocycles. The van der Waals surface area contributed by atoms with Crippen LogP contribution in [-0.4, -0.2) is 47.3 Å². The molecule has 0 fully saturated rings. The molecule has 4 rings (SSSR count). The number of ether oxygens (including phenoxy) is 2. The highest BCUT2D eigenvalue weighted by molar-refractivity contribution is 7.98. The number of hydrogen-bond donors (Lipinski definition) is 0. The molecular formula is C24H25N3O3S. The molecule has 0 saturated heterocycles. The zero-order valence-corrected chi connectivity index (χ0v) is 18.7. The SMILES string of the molecule is COc1ccccc1CN1CCCOc2nc(SC)nc(-c3ccccc3C)c2C1=O. The molecular weight excluding hydrogens is 410 g/mol. The molecule has 1 aliphatic rings. The van der Waals surface area contributed by atoms with Crippen molar-refractivity contribution in [1.29, 1.82) is 0 Å². The summed E-state index contributed by atoms with van der Waals surface area (Å²) >= 11 is 1.43. The second-order valence-corrected chi connectivity index (χ2v) is 8.07. The first-order valence-corrected chi connectivity index (χ1v) is 11.4. The standard InChI is InChI=1S/C24H25N3O3S/c1-16-9-4-6-11-18(16)21-20-22(26-24(25-21)31-3)30-14-8-13-27(23(20)28)15-17-10-5-7-12-19(17)29-2/h4-7,9-12H,8,13-15H2,1-3H3. The van der Waals surface area contributed by atoms with E-state index in [2.05, 4.69) is 4.98 Å². The molecule has 0 bridgehead atoms. The van der Waals surface area contributed by atoms with E-state index in [1.54, 1.807) is 7.11 Å². The first-order valence-electron chi connectivity index (χ1n) is 10.2. The number of benzene rings is 2. The summed E-state index contributed by atoms with van der Waals surface area (Å²) in [5.74, 6) is 0.987. The number of nitrogens with zero attached hydrogens (tertiary/aromatic N) is 3. The van der Waals surface area contributed by atoms with Crippen LogP contribution in [0.15, 0.2) is 53.7 Å². The van der Waals surface area contributed by atoms with Gasteiger partial charge in [0.15, 0.2) is 5.16 Å². The normalized spacial score (nSPS) is 13.8. The van der Waals surface area contributed by atoms with Gasteiger partial charge in [-0.15, -0.1) is 0 Å². The van der Waals surface area contributed by atoms with Gasteiger partial charge in [0.2, 0.25) is 5.88 Å². The fourth-order valence-corrected chi connectivity index (χ4v) is 4.07. The minimum atomic E-state index is -0.133. The Balaban J connectivity index is 1.83. The van der Waals surface area contributed by atoms with Gasteiger partial charge in [0.1, 0.15) is 11.3 Å². The summed E-state index contributed by atoms with van der Waals surface area (Å²) in [7, 11) is 1.64. The molecule has 2 heterocycles. The van der Waals surface area contributed by atoms with Gasteiger partial charge in [0, 0.05) is 24.2 Å². The molecule has 0 aliphatic carbocycles. The molecule has 160 valence electrons. The van der Waals surface area contributed by atoms with Gasteiger partial charge in [0.25, 0.3) is 5.91 Å². The van der Waals surface area contributed by atoms with Crippen molar-refractivity contribution >= 4 is 17.7 Å². The largest absolute Gasteiger partial charge is 0.496 e. The van der Waals surface area contributed by atoms with Gasteiger partial charge in [-0.1, -0.05) is 54.2 Å². The first kappa shape index (κ1) is 21.2. The van der Waals surface area contributed by atoms with Crippen molar-refractivity contribution in [3.63, 3.8) is 0 Å². The molecule has 6 nitrogen and oxygen atoms in total. The smallest absolute Gasteiger partial charge is 0.261 e. The molecule has 0 unspecified atom stereocenters. The zero-order valence-electron chi connectivity index (χ0n) is 17.9. The number of aryl methyl sites for hydroxylation is 1. The molecule has 2 aromatic carbocycles. The minimum absolute atomic E-state index is 0.133. The average molecular weight is 436 g/mol. The molecule has 3 aromatic rings. The Morgan fingerprint density at radius 3 is 2.68 bits per heavy atom. The summed E-state index contributed by atoms with van der Waals surface area (Å²) in [6.45, 7) is 3.53. The van der Waals surface area contributed by atoms with E-state index in [1.165, 1.54) is 11.8 Å². The number of amides is 1. The summed E-state index contributed by atoms with van der Waals surface area (Å²) in [4.78, 5) is 24.9. The van der Waals surface area contributed by atoms with Crippen molar-refractivity contribution in [2.45, 2.75) is 25.0 Å². The van der Waals surface area contributed by atoms with Crippen molar-refractivity contribution in [3.05, 3.63) is 65.2 Å². The van der Waals surface area contributed by atoms with E-state index < -0.39 is 0 Å². The number of aromatic nitrogens is 2. The molecule has 1 aromatic heterocycles. The van der Waals surface area contributed by atoms with E-state index in [9.17, 15) is 4.79 Å². The predicted molar refractivity (Wildman–Crippen MR) is 122 cm³/mol. The zero-order chi connectivity index (χ0) is 21.8. The Kier molecular flexibility index (Phi) is 6.42. The Bertz CT molecular complexity index is 1100. The molecule has 0 atom stereocenters. The number of rotatable bonds is 5. The minimum Gasteiger partial charge on any atom is -0.496 e. The number of methoxy groups -OCH3 is 1. The monoisotopic (exact) mass is 435 g/mol. The molecule has 0 N–H and O–H groups in total. The van der Waals surface area contributed by atoms with Crippen LogP contribution in [0.2, 0.25) is 0 Å². The Morgan fingerprint density at radius 2 is 1.90 bits per heavy atom. The number of carbonyl (C=O) groups excluding carboxylic acids is 1. The summed E-state index contributed by atoms with van der Waals surface area (Å²) in [6, 6.07) is 15.7. The van der Waals surface area contributed by atoms with Crippen LogP contribution in [0, 0.1) is 6.92 Å². The summed E-state index contributed by atoms with van der Waals surface area (Å²) in [5, 5.41) is 0.585. The van der Waals surface area contributed by atoms with Crippen LogP contribution in [-0.2, 0) is 6.54 Å². The highest BCUT2D eigenvalue weighted by Crippen LogP contribution is 2.34. The van der Waals surface area contributed by atoms with E-state index >= 15 is 0 Å². The van der Waals surface area contributed by atoms with Crippen LogP contribution in [0.25, 0.3) is 11.3 Å². The van der Waals surface area contributed by atoms with Crippen LogP contribution in [0.3, 0.4) is 0 Å². The number of fused-ring (bicyclic) bond motifs is 1. The number of para-hydroxylation sites is 1. The second kappa shape index (κ2) is 9.39. The number of thioether (sulfide) groups is 1. The van der Waals surface area contributed by atoms with Gasteiger partial charge in [-0.3, -0.25) is 4.79 Å². The lowest BCUT2D eigenvalue weighted by atomic mass is 10.0. The molecule has 1 aliphatic heterocycles. The van der Waals surface area contributed by atoms with Crippen LogP contribution in [0.1, 0.15) is 27.9 Å². The predicted octanol–water partition coefficient (Wildman–Crippen LogP) is 4.61. The van der Waals surface area contributed by atoms with Crippen molar-refractivity contribution in [2.24, 2.45) is 0 Å². The Hall–Kier alpha value is -3.06. The van der Waals surface area contributed by atoms with Gasteiger partial charge in [0.05, 0.1) is 19.4 Å². The quantitative estimate of drug-likeness (QED) is 0.431. The van der Waals surface area contributed by atoms with Crippen molar-refractivity contribution in [3.8, 4) is 22.9 Å². The summed E-state index contributed by atoms with van der Waals surface area (Å²) in [6.07, 6.45) is 2.64. The van der Waals surface area contributed by atoms with Crippen LogP contribution in [0.5, 0.6) is 11.6 Å². The van der Waals surface area contributed by atoms with Crippen LogP contribution < -0.4 is 9.47 Å². The second-order valence-electron chi connectivity index (χ2n) is 7.29. The van der Waals surface area contributed by atoms with Gasteiger partial charge in [-0.05, 0) is 31.2 Å². The lowest BCUT2D eigenvalue weighted by Crippen LogP contribution is -2.35. The fourth-order valence-electron chi connectivity index (χ4n) is 3.72. The lowest BCUT2D eigenvalue weighted by molar-refractivity contribution is 0.0708. The van der Waals surface area contributed by atoms with Gasteiger partial charge < -0.3 is 14.4 Å². The third kappa shape index (κ3) is 4.37. The molecule has 7 heteroatoms. The van der Waals surface area contributed by atoms with Gasteiger partial charge in [-0.2, -0.15) is 4.98 Å². The summed E-state index contributed by atoms with van der Waals surface area (Å²) < 4.78 is 11.4. The number of hydrogen-bond acceptors (Lipinski definition) is 6. The van der Waals surface area contributed by atoms with Crippen LogP contribution >= 0.6 is 11.8 Å². The van der Waals surface area contributed by atoms with Gasteiger partial charge >= 0.3 is 0 Å². The van der Waals surface area contributed by atoms with Crippen LogP contribution in [0.4, 0.5) is 0 Å². The lowest BCUT2D eigenvalue weighted by Gasteiger charge is -2.28. The highest BCUT2D eigenvalue weighted by Gasteiger charge is 2.30. The fraction of sp³-hybridized carbons (Fsp3) is 0.292. The van der Waals surface area contributed by atoms with Crippen molar-refractivity contribution in [1.82, 2.24) is 14.9 Å². The van der Waals surface area contributed by atoms with E-state index in [-0.39, 0.29) is 5.91 Å². The molecule has 0 radical (unpaired) electrons. The molecule has 1 amide bonds. The molecule has 31 heavy (non-hydrogen) atoms. The van der Waals surface area contributed by atoms with Gasteiger partial charge in [-0.25, -0.2) is 4.98 Å². The highest BCUT2D eigenvalue weighted by atomic mass is 32.2. The van der Waals surface area contributed by atoms with E-state index in [0.717, 1.165) is 28.9 Å². The Morgan fingerprint density at radius 1 is 1.13 bits per heavy atom. The van der Waals surface area contributed by atoms with Crippen molar-refractivity contribution in [2.75, 3.05) is 26.5 Å². The first-order chi connectivity index (χ1) is 15.1. The van der Waals surface area contributed by atoms with Crippen molar-refractivity contribution < 1.29 is 14.3 Å². The van der Waals surface area contributed by atoms with E-state index in [4.69, 9.17) is 14.5 Å². The number of carbonyl (C=O) groups is 1. The van der Waals surface area contributed by atoms with E-state index in [1.807, 2.05) is 66.6 Å². The molecule has 0 spiro atoms.